The van der Waals surface area contributed by atoms with E-state index in [1.807, 2.05) is 19.1 Å². The SMILES string of the molecule is Cc1cc(C)c2nc(N(Cc3cccnc3)C(=O)c3cc(C)no3)sc2c1. The summed E-state index contributed by atoms with van der Waals surface area (Å²) >= 11 is 1.49. The van der Waals surface area contributed by atoms with Crippen LogP contribution >= 0.6 is 11.3 Å². The molecule has 0 aliphatic heterocycles. The Balaban J connectivity index is 1.79. The maximum Gasteiger partial charge on any atom is 0.298 e. The van der Waals surface area contributed by atoms with E-state index in [4.69, 9.17) is 9.51 Å². The van der Waals surface area contributed by atoms with Gasteiger partial charge in [0.1, 0.15) is 0 Å². The van der Waals surface area contributed by atoms with E-state index in [9.17, 15) is 4.79 Å². The van der Waals surface area contributed by atoms with E-state index in [2.05, 4.69) is 29.2 Å². The van der Waals surface area contributed by atoms with Crippen molar-refractivity contribution in [1.29, 1.82) is 0 Å². The lowest BCUT2D eigenvalue weighted by Gasteiger charge is -2.18. The topological polar surface area (TPSA) is 72.1 Å². The summed E-state index contributed by atoms with van der Waals surface area (Å²) in [5.74, 6) is -0.0727. The molecule has 1 aromatic carbocycles. The molecule has 4 aromatic rings. The van der Waals surface area contributed by atoms with Gasteiger partial charge < -0.3 is 4.52 Å². The molecular formula is C20H18N4O2S. The van der Waals surface area contributed by atoms with Crippen molar-refractivity contribution in [2.24, 2.45) is 0 Å². The van der Waals surface area contributed by atoms with E-state index in [-0.39, 0.29) is 11.7 Å². The number of thiazole rings is 1. The summed E-state index contributed by atoms with van der Waals surface area (Å²) in [5.41, 5.74) is 4.76. The van der Waals surface area contributed by atoms with Crippen LogP contribution in [-0.4, -0.2) is 21.0 Å². The van der Waals surface area contributed by atoms with E-state index in [1.54, 1.807) is 30.3 Å². The molecule has 0 atom stereocenters. The van der Waals surface area contributed by atoms with E-state index in [0.717, 1.165) is 21.3 Å². The van der Waals surface area contributed by atoms with Crippen molar-refractivity contribution in [2.75, 3.05) is 4.90 Å². The fourth-order valence-corrected chi connectivity index (χ4v) is 4.11. The number of hydrogen-bond acceptors (Lipinski definition) is 6. The third kappa shape index (κ3) is 3.46. The van der Waals surface area contributed by atoms with Gasteiger partial charge in [0, 0.05) is 18.5 Å². The Labute approximate surface area is 160 Å². The van der Waals surface area contributed by atoms with Crippen LogP contribution < -0.4 is 4.90 Å². The predicted molar refractivity (Wildman–Crippen MR) is 105 cm³/mol. The molecule has 3 heterocycles. The third-order valence-corrected chi connectivity index (χ3v) is 5.22. The van der Waals surface area contributed by atoms with Gasteiger partial charge >= 0.3 is 0 Å². The molecule has 0 aliphatic carbocycles. The maximum absolute atomic E-state index is 13.1. The first-order valence-corrected chi connectivity index (χ1v) is 9.35. The highest BCUT2D eigenvalue weighted by molar-refractivity contribution is 7.22. The van der Waals surface area contributed by atoms with Crippen molar-refractivity contribution < 1.29 is 9.32 Å². The lowest BCUT2D eigenvalue weighted by atomic mass is 10.1. The molecule has 27 heavy (non-hydrogen) atoms. The normalized spacial score (nSPS) is 11.1. The predicted octanol–water partition coefficient (Wildman–Crippen LogP) is 4.45. The molecule has 0 unspecified atom stereocenters. The van der Waals surface area contributed by atoms with Crippen molar-refractivity contribution in [3.8, 4) is 0 Å². The van der Waals surface area contributed by atoms with Crippen molar-refractivity contribution >= 4 is 32.6 Å². The monoisotopic (exact) mass is 378 g/mol. The molecule has 4 rings (SSSR count). The van der Waals surface area contributed by atoms with Gasteiger partial charge in [0.25, 0.3) is 5.91 Å². The van der Waals surface area contributed by atoms with Gasteiger partial charge in [-0.25, -0.2) is 4.98 Å². The standard InChI is InChI=1S/C20H18N4O2S/c1-12-7-13(2)18-17(8-12)27-20(22-18)24(11-15-5-4-6-21-10-15)19(25)16-9-14(3)23-26-16/h4-10H,11H2,1-3H3. The van der Waals surface area contributed by atoms with E-state index in [1.165, 1.54) is 16.9 Å². The average molecular weight is 378 g/mol. The molecule has 0 saturated carbocycles. The number of carbonyl (C=O) groups is 1. The van der Waals surface area contributed by atoms with Crippen molar-refractivity contribution in [1.82, 2.24) is 15.1 Å². The Kier molecular flexibility index (Phi) is 4.45. The lowest BCUT2D eigenvalue weighted by Crippen LogP contribution is -2.30. The minimum Gasteiger partial charge on any atom is -0.351 e. The number of anilines is 1. The van der Waals surface area contributed by atoms with Crippen LogP contribution in [0.4, 0.5) is 5.13 Å². The smallest absolute Gasteiger partial charge is 0.298 e. The van der Waals surface area contributed by atoms with Gasteiger partial charge in [0.05, 0.1) is 22.5 Å². The first kappa shape index (κ1) is 17.4. The largest absolute Gasteiger partial charge is 0.351 e. The number of aryl methyl sites for hydroxylation is 3. The number of hydrogen-bond donors (Lipinski definition) is 0. The summed E-state index contributed by atoms with van der Waals surface area (Å²) in [6, 6.07) is 9.61. The molecule has 0 radical (unpaired) electrons. The number of carbonyl (C=O) groups excluding carboxylic acids is 1. The number of aromatic nitrogens is 3. The maximum atomic E-state index is 13.1. The molecule has 136 valence electrons. The zero-order valence-corrected chi connectivity index (χ0v) is 16.1. The molecule has 7 heteroatoms. The Morgan fingerprint density at radius 1 is 1.22 bits per heavy atom. The fourth-order valence-electron chi connectivity index (χ4n) is 2.97. The van der Waals surface area contributed by atoms with Crippen molar-refractivity contribution in [2.45, 2.75) is 27.3 Å². The Hall–Kier alpha value is -3.06. The van der Waals surface area contributed by atoms with Crippen LogP contribution in [0.5, 0.6) is 0 Å². The van der Waals surface area contributed by atoms with Crippen LogP contribution in [0.1, 0.15) is 32.9 Å². The molecule has 0 fully saturated rings. The average Bonchev–Trinajstić information content (AvgIpc) is 3.26. The summed E-state index contributed by atoms with van der Waals surface area (Å²) in [6.07, 6.45) is 3.45. The van der Waals surface area contributed by atoms with Crippen LogP contribution in [0.15, 0.2) is 47.2 Å². The lowest BCUT2D eigenvalue weighted by molar-refractivity contribution is 0.0949. The number of amides is 1. The summed E-state index contributed by atoms with van der Waals surface area (Å²) in [4.78, 5) is 23.6. The molecule has 0 saturated heterocycles. The molecule has 0 spiro atoms. The van der Waals surface area contributed by atoms with E-state index in [0.29, 0.717) is 17.4 Å². The van der Waals surface area contributed by atoms with Gasteiger partial charge in [0.15, 0.2) is 5.13 Å². The van der Waals surface area contributed by atoms with E-state index >= 15 is 0 Å². The molecular weight excluding hydrogens is 360 g/mol. The molecule has 3 aromatic heterocycles. The van der Waals surface area contributed by atoms with Gasteiger partial charge in [-0.3, -0.25) is 14.7 Å². The van der Waals surface area contributed by atoms with Crippen molar-refractivity contribution in [3.63, 3.8) is 0 Å². The summed E-state index contributed by atoms with van der Waals surface area (Å²) in [5, 5.41) is 4.46. The van der Waals surface area contributed by atoms with Crippen LogP contribution in [0.25, 0.3) is 10.2 Å². The summed E-state index contributed by atoms with van der Waals surface area (Å²) in [7, 11) is 0. The second-order valence-corrected chi connectivity index (χ2v) is 7.52. The number of benzene rings is 1. The fraction of sp³-hybridized carbons (Fsp3) is 0.200. The van der Waals surface area contributed by atoms with Gasteiger partial charge in [-0.15, -0.1) is 0 Å². The van der Waals surface area contributed by atoms with Crippen LogP contribution in [-0.2, 0) is 6.54 Å². The minimum absolute atomic E-state index is 0.198. The van der Waals surface area contributed by atoms with Crippen LogP contribution in [0.3, 0.4) is 0 Å². The summed E-state index contributed by atoms with van der Waals surface area (Å²) < 4.78 is 6.26. The highest BCUT2D eigenvalue weighted by atomic mass is 32.1. The zero-order chi connectivity index (χ0) is 19.0. The van der Waals surface area contributed by atoms with Gasteiger partial charge in [-0.05, 0) is 49.6 Å². The van der Waals surface area contributed by atoms with Gasteiger partial charge in [0.2, 0.25) is 5.76 Å². The second kappa shape index (κ2) is 6.92. The highest BCUT2D eigenvalue weighted by Gasteiger charge is 2.25. The number of rotatable bonds is 4. The molecule has 0 bridgehead atoms. The highest BCUT2D eigenvalue weighted by Crippen LogP contribution is 2.33. The first-order chi connectivity index (χ1) is 13.0. The molecule has 0 aliphatic rings. The Morgan fingerprint density at radius 3 is 2.78 bits per heavy atom. The Morgan fingerprint density at radius 2 is 2.07 bits per heavy atom. The molecule has 1 amide bonds. The minimum atomic E-state index is -0.270. The van der Waals surface area contributed by atoms with E-state index < -0.39 is 0 Å². The second-order valence-electron chi connectivity index (χ2n) is 6.51. The number of fused-ring (bicyclic) bond motifs is 1. The zero-order valence-electron chi connectivity index (χ0n) is 15.3. The quantitative estimate of drug-likeness (QED) is 0.524. The van der Waals surface area contributed by atoms with Crippen LogP contribution in [0, 0.1) is 20.8 Å². The molecule has 0 N–H and O–H groups in total. The summed E-state index contributed by atoms with van der Waals surface area (Å²) in [6.45, 7) is 6.23. The first-order valence-electron chi connectivity index (χ1n) is 8.53. The van der Waals surface area contributed by atoms with Gasteiger partial charge in [-0.1, -0.05) is 28.6 Å². The van der Waals surface area contributed by atoms with Gasteiger partial charge in [-0.2, -0.15) is 0 Å². The van der Waals surface area contributed by atoms with Crippen LogP contribution in [0.2, 0.25) is 0 Å². The Bertz CT molecular complexity index is 1120. The number of nitrogens with zero attached hydrogens (tertiary/aromatic N) is 4. The molecule has 6 nitrogen and oxygen atoms in total. The third-order valence-electron chi connectivity index (χ3n) is 4.20. The van der Waals surface area contributed by atoms with Crippen molar-refractivity contribution in [3.05, 3.63) is 70.9 Å². The number of pyridine rings is 1.